The number of rotatable bonds is 6. The van der Waals surface area contributed by atoms with Crippen LogP contribution in [0.15, 0.2) is 46.0 Å². The molecule has 9 nitrogen and oxygen atoms in total. The first-order chi connectivity index (χ1) is 16.4. The summed E-state index contributed by atoms with van der Waals surface area (Å²) in [5, 5.41) is 29.0. The quantitative estimate of drug-likeness (QED) is 0.430. The molecule has 1 aliphatic heterocycles. The summed E-state index contributed by atoms with van der Waals surface area (Å²) in [5.41, 5.74) is 0.0864. The molecule has 2 unspecified atom stereocenters. The highest BCUT2D eigenvalue weighted by Gasteiger charge is 2.47. The van der Waals surface area contributed by atoms with E-state index in [9.17, 15) is 14.6 Å². The maximum absolute atomic E-state index is 13.9. The van der Waals surface area contributed by atoms with Gasteiger partial charge in [0.1, 0.15) is 47.5 Å². The number of aliphatic hydroxyl groups is 2. The Labute approximate surface area is 211 Å². The SMILES string of the molecule is [C-]#[N+]c1ncc(Br)cc1S[C@H]1OC(CO)[C@H](O)[C@H](n2cc(-c3ccc(Cl)c(F)c3)nn2)C1OC. The van der Waals surface area contributed by atoms with E-state index in [1.807, 2.05) is 0 Å². The number of halogens is 3. The minimum Gasteiger partial charge on any atom is -0.394 e. The van der Waals surface area contributed by atoms with E-state index in [0.29, 0.717) is 20.6 Å². The lowest BCUT2D eigenvalue weighted by Crippen LogP contribution is -2.55. The van der Waals surface area contributed by atoms with E-state index in [4.69, 9.17) is 27.6 Å². The van der Waals surface area contributed by atoms with Crippen molar-refractivity contribution in [3.63, 3.8) is 0 Å². The van der Waals surface area contributed by atoms with E-state index in [1.165, 1.54) is 41.9 Å². The molecule has 3 heterocycles. The zero-order valence-corrected chi connectivity index (χ0v) is 20.7. The molecule has 2 N–H and O–H groups in total. The summed E-state index contributed by atoms with van der Waals surface area (Å²) in [5.74, 6) is -0.410. The summed E-state index contributed by atoms with van der Waals surface area (Å²) in [6.07, 6.45) is 0.175. The van der Waals surface area contributed by atoms with Crippen LogP contribution in [-0.4, -0.2) is 67.7 Å². The third-order valence-electron chi connectivity index (χ3n) is 5.28. The molecule has 1 aliphatic rings. The number of nitrogens with zero attached hydrogens (tertiary/aromatic N) is 5. The fourth-order valence-corrected chi connectivity index (χ4v) is 5.48. The average molecular weight is 571 g/mol. The third kappa shape index (κ3) is 4.96. The number of aromatic nitrogens is 4. The van der Waals surface area contributed by atoms with Gasteiger partial charge < -0.3 is 24.5 Å². The Balaban J connectivity index is 1.68. The lowest BCUT2D eigenvalue weighted by atomic mass is 9.97. The van der Waals surface area contributed by atoms with E-state index in [1.54, 1.807) is 18.3 Å². The van der Waals surface area contributed by atoms with Crippen molar-refractivity contribution in [2.75, 3.05) is 13.7 Å². The van der Waals surface area contributed by atoms with Gasteiger partial charge >= 0.3 is 0 Å². The fraction of sp³-hybridized carbons (Fsp3) is 0.333. The van der Waals surface area contributed by atoms with Crippen LogP contribution in [-0.2, 0) is 9.47 Å². The molecular formula is C21H18BrClFN5O4S. The van der Waals surface area contributed by atoms with Crippen molar-refractivity contribution in [2.24, 2.45) is 0 Å². The molecule has 3 aromatic rings. The number of hydrogen-bond donors (Lipinski definition) is 2. The van der Waals surface area contributed by atoms with Crippen molar-refractivity contribution < 1.29 is 24.1 Å². The molecule has 0 aliphatic carbocycles. The topological polar surface area (TPSA) is 107 Å². The second-order valence-corrected chi connectivity index (χ2v) is 9.79. The van der Waals surface area contributed by atoms with Crippen molar-refractivity contribution in [1.29, 1.82) is 0 Å². The van der Waals surface area contributed by atoms with Crippen LogP contribution in [0.3, 0.4) is 0 Å². The van der Waals surface area contributed by atoms with Gasteiger partial charge in [0.2, 0.25) is 0 Å². The summed E-state index contributed by atoms with van der Waals surface area (Å²) < 4.78 is 27.6. The highest BCUT2D eigenvalue weighted by Crippen LogP contribution is 2.42. The second-order valence-electron chi connectivity index (χ2n) is 7.32. The fourth-order valence-electron chi connectivity index (χ4n) is 3.63. The Bertz CT molecular complexity index is 1230. The Morgan fingerprint density at radius 3 is 2.88 bits per heavy atom. The van der Waals surface area contributed by atoms with Crippen LogP contribution in [0.25, 0.3) is 16.1 Å². The molecule has 5 atom stereocenters. The van der Waals surface area contributed by atoms with Crippen molar-refractivity contribution in [3.8, 4) is 11.3 Å². The Hall–Kier alpha value is -2.11. The van der Waals surface area contributed by atoms with Gasteiger partial charge in [0.05, 0.1) is 22.3 Å². The van der Waals surface area contributed by atoms with Crippen LogP contribution in [0.4, 0.5) is 10.2 Å². The molecule has 0 bridgehead atoms. The van der Waals surface area contributed by atoms with Crippen LogP contribution >= 0.6 is 39.3 Å². The van der Waals surface area contributed by atoms with Gasteiger partial charge in [-0.3, -0.25) is 0 Å². The Morgan fingerprint density at radius 2 is 2.21 bits per heavy atom. The van der Waals surface area contributed by atoms with Crippen molar-refractivity contribution >= 4 is 45.1 Å². The lowest BCUT2D eigenvalue weighted by Gasteiger charge is -2.43. The number of pyridine rings is 1. The number of ether oxygens (including phenoxy) is 2. The van der Waals surface area contributed by atoms with E-state index in [-0.39, 0.29) is 10.8 Å². The maximum atomic E-state index is 13.9. The van der Waals surface area contributed by atoms with Crippen LogP contribution in [0.1, 0.15) is 6.04 Å². The van der Waals surface area contributed by atoms with Crippen LogP contribution < -0.4 is 0 Å². The zero-order chi connectivity index (χ0) is 24.4. The van der Waals surface area contributed by atoms with Crippen molar-refractivity contribution in [3.05, 3.63) is 63.4 Å². The number of aliphatic hydroxyl groups excluding tert-OH is 2. The number of benzene rings is 1. The normalized spacial score (nSPS) is 24.7. The van der Waals surface area contributed by atoms with Gasteiger partial charge in [-0.15, -0.1) is 21.8 Å². The average Bonchev–Trinajstić information content (AvgIpc) is 3.31. The molecule has 1 aromatic carbocycles. The number of methoxy groups -OCH3 is 1. The first-order valence-corrected chi connectivity index (χ1v) is 12.0. The standard InChI is InChI=1S/C21H18BrClFN5O4S/c1-25-20-16(6-11(22)7-26-20)34-21-19(32-2)17(18(31)15(9-30)33-21)29-8-14(27-28-29)10-3-4-12(23)13(24)5-10/h3-8,15,17-19,21,30-31H,9H2,2H3/t15?,17-,18-,19?,21+/m0/s1. The molecular weight excluding hydrogens is 553 g/mol. The molecule has 13 heteroatoms. The van der Waals surface area contributed by atoms with Gasteiger partial charge in [0.15, 0.2) is 0 Å². The lowest BCUT2D eigenvalue weighted by molar-refractivity contribution is -0.186. The van der Waals surface area contributed by atoms with Gasteiger partial charge in [-0.05, 0) is 34.1 Å². The number of hydrogen-bond acceptors (Lipinski definition) is 8. The van der Waals surface area contributed by atoms with Crippen molar-refractivity contribution in [1.82, 2.24) is 20.0 Å². The number of thioether (sulfide) groups is 1. The summed E-state index contributed by atoms with van der Waals surface area (Å²) in [7, 11) is 1.46. The summed E-state index contributed by atoms with van der Waals surface area (Å²) >= 11 is 10.3. The van der Waals surface area contributed by atoms with E-state index in [0.717, 1.165) is 0 Å². The highest BCUT2D eigenvalue weighted by molar-refractivity contribution is 9.10. The summed E-state index contributed by atoms with van der Waals surface area (Å²) in [6, 6.07) is 5.20. The van der Waals surface area contributed by atoms with Gasteiger partial charge in [-0.1, -0.05) is 29.5 Å². The molecule has 0 radical (unpaired) electrons. The molecule has 4 rings (SSSR count). The molecule has 0 spiro atoms. The molecule has 0 amide bonds. The van der Waals surface area contributed by atoms with Crippen molar-refractivity contribution in [2.45, 2.75) is 34.7 Å². The molecule has 0 saturated carbocycles. The maximum Gasteiger partial charge on any atom is 0.283 e. The van der Waals surface area contributed by atoms with Crippen LogP contribution in [0.2, 0.25) is 5.02 Å². The predicted molar refractivity (Wildman–Crippen MR) is 126 cm³/mol. The molecule has 1 saturated heterocycles. The van der Waals surface area contributed by atoms with Gasteiger partial charge in [0, 0.05) is 17.6 Å². The molecule has 2 aromatic heterocycles. The second kappa shape index (κ2) is 10.7. The highest BCUT2D eigenvalue weighted by atomic mass is 79.9. The van der Waals surface area contributed by atoms with E-state index in [2.05, 4.69) is 36.1 Å². The largest absolute Gasteiger partial charge is 0.394 e. The Morgan fingerprint density at radius 1 is 1.41 bits per heavy atom. The van der Waals surface area contributed by atoms with Gasteiger partial charge in [0.25, 0.3) is 5.82 Å². The smallest absolute Gasteiger partial charge is 0.283 e. The third-order valence-corrected chi connectivity index (χ3v) is 7.18. The predicted octanol–water partition coefficient (Wildman–Crippen LogP) is 3.87. The molecule has 34 heavy (non-hydrogen) atoms. The minimum atomic E-state index is -1.19. The van der Waals surface area contributed by atoms with Crippen LogP contribution in [0.5, 0.6) is 0 Å². The Kier molecular flexibility index (Phi) is 7.83. The molecule has 178 valence electrons. The van der Waals surface area contributed by atoms with Crippen LogP contribution in [0, 0.1) is 12.4 Å². The first-order valence-electron chi connectivity index (χ1n) is 9.90. The monoisotopic (exact) mass is 569 g/mol. The van der Waals surface area contributed by atoms with Gasteiger partial charge in [-0.25, -0.2) is 9.07 Å². The zero-order valence-electron chi connectivity index (χ0n) is 17.5. The van der Waals surface area contributed by atoms with E-state index < -0.39 is 42.2 Å². The molecule has 1 fully saturated rings. The van der Waals surface area contributed by atoms with Gasteiger partial charge in [-0.2, -0.15) is 0 Å². The minimum absolute atomic E-state index is 0.0121. The summed E-state index contributed by atoms with van der Waals surface area (Å²) in [4.78, 5) is 8.09. The van der Waals surface area contributed by atoms with E-state index >= 15 is 0 Å². The first kappa shape index (κ1) is 25.0. The summed E-state index contributed by atoms with van der Waals surface area (Å²) in [6.45, 7) is 6.93.